The van der Waals surface area contributed by atoms with Crippen molar-refractivity contribution in [1.29, 1.82) is 0 Å². The van der Waals surface area contributed by atoms with Crippen molar-refractivity contribution in [2.24, 2.45) is 0 Å². The van der Waals surface area contributed by atoms with Gasteiger partial charge >= 0.3 is 0 Å². The summed E-state index contributed by atoms with van der Waals surface area (Å²) in [5.41, 5.74) is 11.8. The summed E-state index contributed by atoms with van der Waals surface area (Å²) in [5.74, 6) is 0. The van der Waals surface area contributed by atoms with E-state index in [0.717, 1.165) is 65.4 Å². The van der Waals surface area contributed by atoms with Crippen LogP contribution in [0.5, 0.6) is 0 Å². The SMILES string of the molecule is c1ccc(-c2nc3ccc4oc5ccc(N(c6ccc(-c7cccc8ccccc78)cc6)c6ccccc6-c6ccccc6)cc5c4c3s2)cc1. The number of anilines is 3. The first-order valence-electron chi connectivity index (χ1n) is 17.1. The fourth-order valence-corrected chi connectivity index (χ4v) is 8.43. The second kappa shape index (κ2) is 12.1. The van der Waals surface area contributed by atoms with Crippen LogP contribution in [0.4, 0.5) is 17.1 Å². The quantitative estimate of drug-likeness (QED) is 0.176. The van der Waals surface area contributed by atoms with Crippen LogP contribution in [0.3, 0.4) is 0 Å². The molecule has 0 amide bonds. The Morgan fingerprint density at radius 1 is 0.471 bits per heavy atom. The van der Waals surface area contributed by atoms with Gasteiger partial charge in [-0.05, 0) is 76.0 Å². The van der Waals surface area contributed by atoms with Crippen molar-refractivity contribution in [3.05, 3.63) is 182 Å². The van der Waals surface area contributed by atoms with E-state index in [-0.39, 0.29) is 0 Å². The summed E-state index contributed by atoms with van der Waals surface area (Å²) in [6.07, 6.45) is 0. The van der Waals surface area contributed by atoms with Crippen LogP contribution in [0.1, 0.15) is 0 Å². The Morgan fingerprint density at radius 3 is 1.96 bits per heavy atom. The largest absolute Gasteiger partial charge is 0.456 e. The minimum Gasteiger partial charge on any atom is -0.456 e. The lowest BCUT2D eigenvalue weighted by atomic mass is 9.97. The first-order valence-corrected chi connectivity index (χ1v) is 17.9. The van der Waals surface area contributed by atoms with Crippen LogP contribution in [0.25, 0.3) is 75.8 Å². The van der Waals surface area contributed by atoms with Crippen LogP contribution >= 0.6 is 11.3 Å². The zero-order valence-corrected chi connectivity index (χ0v) is 28.3. The highest BCUT2D eigenvalue weighted by Crippen LogP contribution is 2.45. The van der Waals surface area contributed by atoms with Crippen molar-refractivity contribution in [3.63, 3.8) is 0 Å². The summed E-state index contributed by atoms with van der Waals surface area (Å²) < 4.78 is 7.61. The molecule has 2 heterocycles. The Labute approximate surface area is 299 Å². The van der Waals surface area contributed by atoms with Gasteiger partial charge in [-0.1, -0.05) is 133 Å². The molecule has 0 N–H and O–H groups in total. The number of para-hydroxylation sites is 1. The molecule has 10 aromatic rings. The van der Waals surface area contributed by atoms with E-state index in [1.807, 2.05) is 6.07 Å². The summed E-state index contributed by atoms with van der Waals surface area (Å²) in [6.45, 7) is 0. The number of furan rings is 1. The number of hydrogen-bond donors (Lipinski definition) is 0. The third-order valence-corrected chi connectivity index (χ3v) is 10.8. The number of hydrogen-bond acceptors (Lipinski definition) is 4. The van der Waals surface area contributed by atoms with Gasteiger partial charge in [0.15, 0.2) is 0 Å². The molecule has 0 aliphatic carbocycles. The van der Waals surface area contributed by atoms with E-state index >= 15 is 0 Å². The topological polar surface area (TPSA) is 29.3 Å². The Balaban J connectivity index is 1.17. The number of aromatic nitrogens is 1. The zero-order valence-electron chi connectivity index (χ0n) is 27.5. The maximum Gasteiger partial charge on any atom is 0.137 e. The first kappa shape index (κ1) is 29.4. The van der Waals surface area contributed by atoms with Crippen molar-refractivity contribution in [2.75, 3.05) is 4.90 Å². The number of thiazole rings is 1. The molecule has 0 aliphatic rings. The van der Waals surface area contributed by atoms with E-state index < -0.39 is 0 Å². The molecule has 0 radical (unpaired) electrons. The third-order valence-electron chi connectivity index (χ3n) is 9.71. The van der Waals surface area contributed by atoms with Crippen molar-refractivity contribution < 1.29 is 4.42 Å². The van der Waals surface area contributed by atoms with Gasteiger partial charge in [-0.3, -0.25) is 0 Å². The molecule has 0 saturated heterocycles. The minimum atomic E-state index is 0.860. The summed E-state index contributed by atoms with van der Waals surface area (Å²) in [7, 11) is 0. The molecule has 2 aromatic heterocycles. The average molecular weight is 671 g/mol. The van der Waals surface area contributed by atoms with Crippen LogP contribution in [0.2, 0.25) is 0 Å². The molecule has 0 aliphatic heterocycles. The fraction of sp³-hybridized carbons (Fsp3) is 0. The highest BCUT2D eigenvalue weighted by Gasteiger charge is 2.21. The molecule has 0 fully saturated rings. The second-order valence-corrected chi connectivity index (χ2v) is 13.7. The Hall–Kier alpha value is -6.49. The average Bonchev–Trinajstić information content (AvgIpc) is 3.81. The van der Waals surface area contributed by atoms with E-state index in [4.69, 9.17) is 9.40 Å². The number of fused-ring (bicyclic) bond motifs is 6. The highest BCUT2D eigenvalue weighted by atomic mass is 32.1. The Bertz CT molecular complexity index is 2850. The van der Waals surface area contributed by atoms with Gasteiger partial charge in [0.1, 0.15) is 16.2 Å². The van der Waals surface area contributed by atoms with E-state index in [1.54, 1.807) is 11.3 Å². The molecule has 0 unspecified atom stereocenters. The standard InChI is InChI=1S/C47H30N2OS/c1-3-12-32(13-4-1)39-19-9-10-21-42(39)49(35-24-22-33(23-25-35)38-20-11-17-31-14-7-8-18-37(31)38)36-26-28-43-40(30-36)45-44(50-43)29-27-41-46(45)51-47(48-41)34-15-5-2-6-16-34/h1-30H. The van der Waals surface area contributed by atoms with Gasteiger partial charge in [-0.15, -0.1) is 11.3 Å². The molecule has 0 bridgehead atoms. The van der Waals surface area contributed by atoms with Gasteiger partial charge in [0.25, 0.3) is 0 Å². The zero-order chi connectivity index (χ0) is 33.7. The molecule has 8 aromatic carbocycles. The molecule has 0 spiro atoms. The highest BCUT2D eigenvalue weighted by molar-refractivity contribution is 7.22. The molecule has 10 rings (SSSR count). The van der Waals surface area contributed by atoms with Crippen LogP contribution in [-0.2, 0) is 0 Å². The summed E-state index contributed by atoms with van der Waals surface area (Å²) >= 11 is 1.72. The number of rotatable bonds is 6. The first-order chi connectivity index (χ1) is 25.3. The molecule has 4 heteroatoms. The molecule has 240 valence electrons. The van der Waals surface area contributed by atoms with Gasteiger partial charge in [-0.25, -0.2) is 4.98 Å². The predicted octanol–water partition coefficient (Wildman–Crippen LogP) is 13.8. The lowest BCUT2D eigenvalue weighted by Gasteiger charge is -2.28. The number of benzene rings is 8. The van der Waals surface area contributed by atoms with Gasteiger partial charge in [0.05, 0.1) is 15.9 Å². The van der Waals surface area contributed by atoms with Crippen molar-refractivity contribution in [1.82, 2.24) is 4.98 Å². The van der Waals surface area contributed by atoms with Crippen molar-refractivity contribution in [3.8, 4) is 32.8 Å². The third kappa shape index (κ3) is 5.08. The maximum absolute atomic E-state index is 6.47. The summed E-state index contributed by atoms with van der Waals surface area (Å²) in [6, 6.07) is 64.5. The van der Waals surface area contributed by atoms with Crippen molar-refractivity contribution in [2.45, 2.75) is 0 Å². The molecular weight excluding hydrogens is 641 g/mol. The number of nitrogens with zero attached hydrogens (tertiary/aromatic N) is 2. The Kier molecular flexibility index (Phi) is 7.00. The molecule has 0 atom stereocenters. The van der Waals surface area contributed by atoms with Gasteiger partial charge in [0.2, 0.25) is 0 Å². The monoisotopic (exact) mass is 670 g/mol. The summed E-state index contributed by atoms with van der Waals surface area (Å²) in [5, 5.41) is 5.68. The molecule has 3 nitrogen and oxygen atoms in total. The smallest absolute Gasteiger partial charge is 0.137 e. The van der Waals surface area contributed by atoms with E-state index in [1.165, 1.54) is 27.5 Å². The van der Waals surface area contributed by atoms with E-state index in [9.17, 15) is 0 Å². The van der Waals surface area contributed by atoms with Crippen LogP contribution in [0, 0.1) is 0 Å². The van der Waals surface area contributed by atoms with Crippen LogP contribution in [-0.4, -0.2) is 4.98 Å². The van der Waals surface area contributed by atoms with Gasteiger partial charge in [-0.2, -0.15) is 0 Å². The Morgan fingerprint density at radius 2 is 1.12 bits per heavy atom. The maximum atomic E-state index is 6.47. The predicted molar refractivity (Wildman–Crippen MR) is 215 cm³/mol. The fourth-order valence-electron chi connectivity index (χ4n) is 7.30. The molecule has 51 heavy (non-hydrogen) atoms. The van der Waals surface area contributed by atoms with E-state index in [2.05, 4.69) is 181 Å². The van der Waals surface area contributed by atoms with Gasteiger partial charge in [0, 0.05) is 33.3 Å². The molecule has 0 saturated carbocycles. The van der Waals surface area contributed by atoms with Crippen molar-refractivity contribution >= 4 is 71.3 Å². The normalized spacial score (nSPS) is 11.5. The van der Waals surface area contributed by atoms with E-state index in [0.29, 0.717) is 0 Å². The molecular formula is C47H30N2OS. The van der Waals surface area contributed by atoms with Crippen LogP contribution < -0.4 is 4.90 Å². The van der Waals surface area contributed by atoms with Crippen LogP contribution in [0.15, 0.2) is 186 Å². The lowest BCUT2D eigenvalue weighted by Crippen LogP contribution is -2.11. The minimum absolute atomic E-state index is 0.860. The summed E-state index contributed by atoms with van der Waals surface area (Å²) in [4.78, 5) is 7.41. The van der Waals surface area contributed by atoms with Gasteiger partial charge < -0.3 is 9.32 Å². The lowest BCUT2D eigenvalue weighted by molar-refractivity contribution is 0.669. The second-order valence-electron chi connectivity index (χ2n) is 12.7.